The third-order valence-electron chi connectivity index (χ3n) is 8.09. The summed E-state index contributed by atoms with van der Waals surface area (Å²) in [5.74, 6) is -1.16. The minimum absolute atomic E-state index is 0.000269. The SMILES string of the molecule is CC(C)(C)[Si](C)(C)OC[C@H]1O[C@@H](n2cnc3c(=O)n(CC(=O)O)cnc32)[C@H](O)[C@@H]1O[Si](C)(C)C(C)(C)C. The average molecular weight is 555 g/mol. The fraction of sp³-hybridized carbons (Fsp3) is 0.750. The Balaban J connectivity index is 1.98. The molecule has 1 aliphatic rings. The van der Waals surface area contributed by atoms with Gasteiger partial charge in [-0.1, -0.05) is 41.5 Å². The molecule has 0 saturated carbocycles. The van der Waals surface area contributed by atoms with Crippen molar-refractivity contribution in [3.8, 4) is 0 Å². The van der Waals surface area contributed by atoms with Gasteiger partial charge in [-0.05, 0) is 36.3 Å². The van der Waals surface area contributed by atoms with E-state index in [-0.39, 0.29) is 27.8 Å². The Morgan fingerprint density at radius 2 is 1.65 bits per heavy atom. The van der Waals surface area contributed by atoms with Crippen LogP contribution in [0, 0.1) is 0 Å². The van der Waals surface area contributed by atoms with E-state index in [1.54, 1.807) is 0 Å². The van der Waals surface area contributed by atoms with Crippen molar-refractivity contribution >= 4 is 33.8 Å². The second-order valence-corrected chi connectivity index (χ2v) is 22.4. The zero-order valence-corrected chi connectivity index (χ0v) is 25.6. The summed E-state index contributed by atoms with van der Waals surface area (Å²) in [5.41, 5.74) is -0.374. The van der Waals surface area contributed by atoms with Crippen LogP contribution >= 0.6 is 0 Å². The van der Waals surface area contributed by atoms with Gasteiger partial charge in [0, 0.05) is 0 Å². The second kappa shape index (κ2) is 10.0. The fourth-order valence-corrected chi connectivity index (χ4v) is 5.98. The molecule has 2 N–H and O–H groups in total. The topological polar surface area (TPSA) is 138 Å². The number of nitrogens with zero attached hydrogens (tertiary/aromatic N) is 4. The number of aliphatic carboxylic acids is 1. The summed E-state index contributed by atoms with van der Waals surface area (Å²) in [6.07, 6.45) is -0.621. The van der Waals surface area contributed by atoms with Crippen molar-refractivity contribution in [3.05, 3.63) is 23.0 Å². The highest BCUT2D eigenvalue weighted by Crippen LogP contribution is 2.43. The molecule has 13 heteroatoms. The first-order valence-electron chi connectivity index (χ1n) is 12.6. The van der Waals surface area contributed by atoms with Gasteiger partial charge < -0.3 is 23.8 Å². The molecule has 11 nitrogen and oxygen atoms in total. The number of hydrogen-bond donors (Lipinski definition) is 2. The molecule has 2 aromatic rings. The number of hydrogen-bond acceptors (Lipinski definition) is 8. The highest BCUT2D eigenvalue weighted by molar-refractivity contribution is 6.74. The van der Waals surface area contributed by atoms with Gasteiger partial charge in [-0.25, -0.2) is 9.97 Å². The molecular weight excluding hydrogens is 512 g/mol. The van der Waals surface area contributed by atoms with E-state index in [0.717, 1.165) is 4.57 Å². The monoisotopic (exact) mass is 554 g/mol. The maximum atomic E-state index is 12.8. The van der Waals surface area contributed by atoms with E-state index in [2.05, 4.69) is 77.7 Å². The van der Waals surface area contributed by atoms with Crippen molar-refractivity contribution in [1.82, 2.24) is 19.1 Å². The van der Waals surface area contributed by atoms with Gasteiger partial charge in [0.1, 0.15) is 31.2 Å². The number of carbonyl (C=O) groups is 1. The highest BCUT2D eigenvalue weighted by atomic mass is 28.4. The van der Waals surface area contributed by atoms with Gasteiger partial charge in [0.2, 0.25) is 0 Å². The summed E-state index contributed by atoms with van der Waals surface area (Å²) in [5, 5.41) is 20.5. The van der Waals surface area contributed by atoms with E-state index in [1.165, 1.54) is 17.2 Å². The number of carboxylic acid groups (broad SMARTS) is 1. The molecule has 0 aliphatic carbocycles. The number of aromatic nitrogens is 4. The molecule has 2 aromatic heterocycles. The molecule has 3 heterocycles. The van der Waals surface area contributed by atoms with Crippen molar-refractivity contribution in [2.75, 3.05) is 6.61 Å². The summed E-state index contributed by atoms with van der Waals surface area (Å²) in [6.45, 7) is 21.2. The summed E-state index contributed by atoms with van der Waals surface area (Å²) >= 11 is 0. The number of aliphatic hydroxyl groups excluding tert-OH is 1. The molecule has 208 valence electrons. The zero-order chi connectivity index (χ0) is 28.1. The molecule has 0 bridgehead atoms. The van der Waals surface area contributed by atoms with Crippen LogP contribution in [0.1, 0.15) is 47.8 Å². The Labute approximate surface area is 220 Å². The van der Waals surface area contributed by atoms with E-state index in [0.29, 0.717) is 0 Å². The minimum Gasteiger partial charge on any atom is -0.480 e. The quantitative estimate of drug-likeness (QED) is 0.470. The molecular formula is C24H42N4O7Si2. The van der Waals surface area contributed by atoms with Crippen molar-refractivity contribution in [2.24, 2.45) is 0 Å². The molecule has 4 atom stereocenters. The average Bonchev–Trinajstić information content (AvgIpc) is 3.28. The number of rotatable bonds is 8. The molecule has 3 rings (SSSR count). The fourth-order valence-electron chi connectivity index (χ4n) is 3.64. The number of imidazole rings is 1. The van der Waals surface area contributed by atoms with Crippen LogP contribution in [0.2, 0.25) is 36.3 Å². The van der Waals surface area contributed by atoms with Crippen LogP contribution in [0.15, 0.2) is 17.4 Å². The van der Waals surface area contributed by atoms with Crippen LogP contribution in [-0.2, 0) is 24.9 Å². The Kier molecular flexibility index (Phi) is 8.02. The molecule has 0 spiro atoms. The van der Waals surface area contributed by atoms with E-state index in [9.17, 15) is 14.7 Å². The maximum absolute atomic E-state index is 12.8. The predicted octanol–water partition coefficient (Wildman–Crippen LogP) is 3.35. The first-order valence-corrected chi connectivity index (χ1v) is 18.4. The summed E-state index contributed by atoms with van der Waals surface area (Å²) < 4.78 is 22.0. The second-order valence-electron chi connectivity index (χ2n) is 12.9. The summed E-state index contributed by atoms with van der Waals surface area (Å²) in [7, 11) is -4.41. The largest absolute Gasteiger partial charge is 0.480 e. The Hall–Kier alpha value is -1.91. The Bertz CT molecular complexity index is 1200. The number of fused-ring (bicyclic) bond motifs is 1. The van der Waals surface area contributed by atoms with Crippen LogP contribution in [0.5, 0.6) is 0 Å². The number of ether oxygens (including phenoxy) is 1. The number of carboxylic acids is 1. The van der Waals surface area contributed by atoms with Crippen molar-refractivity contribution in [2.45, 2.75) is 109 Å². The van der Waals surface area contributed by atoms with Crippen LogP contribution < -0.4 is 5.56 Å². The zero-order valence-electron chi connectivity index (χ0n) is 23.6. The molecule has 1 aliphatic heterocycles. The summed E-state index contributed by atoms with van der Waals surface area (Å²) in [6, 6.07) is 0. The van der Waals surface area contributed by atoms with E-state index in [1.807, 2.05) is 0 Å². The maximum Gasteiger partial charge on any atom is 0.323 e. The van der Waals surface area contributed by atoms with Gasteiger partial charge >= 0.3 is 5.97 Å². The predicted molar refractivity (Wildman–Crippen MR) is 145 cm³/mol. The molecule has 0 radical (unpaired) electrons. The lowest BCUT2D eigenvalue weighted by Crippen LogP contribution is -2.51. The van der Waals surface area contributed by atoms with Gasteiger partial charge in [0.25, 0.3) is 5.56 Å². The van der Waals surface area contributed by atoms with Crippen molar-refractivity contribution in [3.63, 3.8) is 0 Å². The highest BCUT2D eigenvalue weighted by Gasteiger charge is 2.51. The standard InChI is InChI=1S/C24H42N4O7Si2/c1-23(2,3)36(7,8)33-12-15-19(35-37(9,10)24(4,5)6)18(31)22(34-15)28-14-25-17-20(28)26-13-27(21(17)32)11-16(29)30/h13-15,18-19,22,31H,11-12H2,1-10H3,(H,29,30)/t15-,18-,19-,22-/m1/s1. The van der Waals surface area contributed by atoms with E-state index >= 15 is 0 Å². The minimum atomic E-state index is -2.30. The molecule has 0 aromatic carbocycles. The first-order chi connectivity index (χ1) is 16.8. The third-order valence-corrected chi connectivity index (χ3v) is 17.1. The van der Waals surface area contributed by atoms with Crippen LogP contribution in [0.3, 0.4) is 0 Å². The van der Waals surface area contributed by atoms with Crippen LogP contribution in [-0.4, -0.2) is 76.8 Å². The van der Waals surface area contributed by atoms with Crippen LogP contribution in [0.4, 0.5) is 0 Å². The third kappa shape index (κ3) is 5.91. The molecule has 37 heavy (non-hydrogen) atoms. The van der Waals surface area contributed by atoms with Gasteiger partial charge in [-0.3, -0.25) is 18.7 Å². The van der Waals surface area contributed by atoms with E-state index in [4.69, 9.17) is 18.7 Å². The van der Waals surface area contributed by atoms with Crippen LogP contribution in [0.25, 0.3) is 11.2 Å². The molecule has 0 amide bonds. The number of aliphatic hydroxyl groups is 1. The molecule has 1 saturated heterocycles. The molecule has 0 unspecified atom stereocenters. The van der Waals surface area contributed by atoms with E-state index < -0.39 is 59.2 Å². The lowest BCUT2D eigenvalue weighted by Gasteiger charge is -2.41. The van der Waals surface area contributed by atoms with Gasteiger partial charge in [-0.15, -0.1) is 0 Å². The molecule has 1 fully saturated rings. The van der Waals surface area contributed by atoms with Gasteiger partial charge in [-0.2, -0.15) is 0 Å². The Morgan fingerprint density at radius 3 is 2.19 bits per heavy atom. The lowest BCUT2D eigenvalue weighted by molar-refractivity contribution is -0.137. The first kappa shape index (κ1) is 29.6. The van der Waals surface area contributed by atoms with Crippen molar-refractivity contribution in [1.29, 1.82) is 0 Å². The lowest BCUT2D eigenvalue weighted by atomic mass is 10.1. The normalized spacial score (nSPS) is 23.6. The smallest absolute Gasteiger partial charge is 0.323 e. The summed E-state index contributed by atoms with van der Waals surface area (Å²) in [4.78, 5) is 32.3. The van der Waals surface area contributed by atoms with Gasteiger partial charge in [0.05, 0.1) is 12.9 Å². The van der Waals surface area contributed by atoms with Gasteiger partial charge in [0.15, 0.2) is 34.0 Å². The van der Waals surface area contributed by atoms with Crippen molar-refractivity contribution < 1.29 is 28.6 Å². The Morgan fingerprint density at radius 1 is 1.05 bits per heavy atom.